The molecule has 0 fully saturated rings. The lowest BCUT2D eigenvalue weighted by atomic mass is 9.65. The lowest BCUT2D eigenvalue weighted by Gasteiger charge is -2.36. The number of benzene rings is 7. The molecule has 0 aliphatic heterocycles. The molecule has 0 aromatic heterocycles. The highest BCUT2D eigenvalue weighted by Crippen LogP contribution is 2.64. The summed E-state index contributed by atoms with van der Waals surface area (Å²) in [4.78, 5) is 0. The van der Waals surface area contributed by atoms with Crippen molar-refractivity contribution in [1.29, 1.82) is 0 Å². The molecule has 4 N–H and O–H groups in total. The van der Waals surface area contributed by atoms with E-state index in [4.69, 9.17) is 75.8 Å². The molecule has 2 aliphatic rings. The fraction of sp³-hybridized carbons (Fsp3) is 0.588. The maximum atomic E-state index is 9.36. The first-order valence-electron chi connectivity index (χ1n) is 46.0. The Balaban J connectivity index is 1.31. The molecule has 0 saturated heterocycles. The van der Waals surface area contributed by atoms with Crippen LogP contribution in [-0.4, -0.2) is 205 Å². The van der Waals surface area contributed by atoms with Crippen molar-refractivity contribution in [3.8, 4) is 45.3 Å². The number of aryl methyl sites for hydroxylation is 2. The fourth-order valence-electron chi connectivity index (χ4n) is 16.5. The Morgan fingerprint density at radius 3 is 0.770 bits per heavy atom. The first kappa shape index (κ1) is 98.9. The molecule has 0 radical (unpaired) electrons. The summed E-state index contributed by atoms with van der Waals surface area (Å²) in [7, 11) is 0. The summed E-state index contributed by atoms with van der Waals surface area (Å²) in [5, 5.41) is 37.3. The van der Waals surface area contributed by atoms with Crippen LogP contribution in [0.25, 0.3) is 22.3 Å². The molecule has 7 aromatic carbocycles. The largest absolute Gasteiger partial charge is 0.490 e. The lowest BCUT2D eigenvalue weighted by Crippen LogP contribution is -2.30. The van der Waals surface area contributed by atoms with Gasteiger partial charge in [-0.3, -0.25) is 0 Å². The molecule has 2 unspecified atom stereocenters. The Kier molecular flexibility index (Phi) is 46.7. The van der Waals surface area contributed by atoms with E-state index in [-0.39, 0.29) is 66.1 Å². The Hall–Kier alpha value is -6.90. The van der Waals surface area contributed by atoms with Crippen molar-refractivity contribution in [2.24, 2.45) is 0 Å². The van der Waals surface area contributed by atoms with Crippen LogP contribution in [0.2, 0.25) is 0 Å². The summed E-state index contributed by atoms with van der Waals surface area (Å²) in [6.07, 6.45) is 22.0. The second kappa shape index (κ2) is 57.7. The Bertz CT molecular complexity index is 3800. The predicted molar refractivity (Wildman–Crippen MR) is 481 cm³/mol. The molecular weight excluding hydrogens is 1550 g/mol. The average molecular weight is 1690 g/mol. The lowest BCUT2D eigenvalue weighted by molar-refractivity contribution is 0.00160. The smallest absolute Gasteiger partial charge is 0.161 e. The number of ether oxygens (including phenoxy) is 16. The standard InChI is InChI=1S/C102H146O20/c1-7-11-15-19-23-43-119-97-37-33-87(71-99(97)121-45-25-21-17-13-9-3)101(85-31-29-81(75-115-63-59-111-55-51-107-47-39-103)83(69-85)77-117-65-61-113-57-53-109-49-41-105)93-67-79(5)27-35-89(93)91-74-96-92(73-95(91)101)90-36-28-80(6)68-94(90)102(96,88-34-38-98(120-44-24-20-16-12-8-2)100(72-88)122-46-26-22-18-14-10-4)86-32-30-82(76-116-64-60-112-56-52-108-48-40-104)84(70-86)78-118-66-62-114-58-54-110-50-42-106/h27-38,67-74,103-106H,7-26,39-66,75-78H2,1-6H3. The third kappa shape index (κ3) is 29.6. The number of hydrogen-bond donors (Lipinski definition) is 4. The minimum Gasteiger partial charge on any atom is -0.490 e. The minimum atomic E-state index is -1.01. The van der Waals surface area contributed by atoms with Gasteiger partial charge in [-0.05, 0) is 165 Å². The van der Waals surface area contributed by atoms with E-state index >= 15 is 0 Å². The predicted octanol–water partition coefficient (Wildman–Crippen LogP) is 18.6. The van der Waals surface area contributed by atoms with Crippen LogP contribution >= 0.6 is 0 Å². The van der Waals surface area contributed by atoms with Crippen LogP contribution < -0.4 is 18.9 Å². The van der Waals surface area contributed by atoms with E-state index in [0.717, 1.165) is 214 Å². The van der Waals surface area contributed by atoms with Gasteiger partial charge < -0.3 is 96.2 Å². The van der Waals surface area contributed by atoms with E-state index < -0.39 is 10.8 Å². The maximum Gasteiger partial charge on any atom is 0.161 e. The number of unbranched alkanes of at least 4 members (excludes halogenated alkanes) is 16. The van der Waals surface area contributed by atoms with E-state index in [9.17, 15) is 20.4 Å². The van der Waals surface area contributed by atoms with Crippen LogP contribution in [0.1, 0.15) is 234 Å². The molecule has 674 valence electrons. The number of hydrogen-bond acceptors (Lipinski definition) is 20. The van der Waals surface area contributed by atoms with E-state index in [1.807, 2.05) is 0 Å². The van der Waals surface area contributed by atoms with Gasteiger partial charge >= 0.3 is 0 Å². The number of rotatable bonds is 72. The maximum absolute atomic E-state index is 9.36. The topological polar surface area (TPSA) is 229 Å². The molecule has 0 amide bonds. The molecule has 122 heavy (non-hydrogen) atoms. The monoisotopic (exact) mass is 1690 g/mol. The molecule has 0 spiro atoms. The summed E-state index contributed by atoms with van der Waals surface area (Å²) in [5.74, 6) is 2.89. The SMILES string of the molecule is CCCCCCCOc1ccc(C2(c3ccc(COCCOCCOCCO)c(COCCOCCOCCO)c3)c3cc(C)ccc3-c3cc4c(cc32)-c2ccc(C)cc2C4(c2ccc(COCCOCCOCCO)c(COCCOCCOCCO)c2)c2ccc(OCCCCCCC)c(OCCCCCCC)c2)cc1OCCCCCCC. The van der Waals surface area contributed by atoms with Gasteiger partial charge in [-0.2, -0.15) is 0 Å². The van der Waals surface area contributed by atoms with Gasteiger partial charge in [-0.25, -0.2) is 0 Å². The first-order valence-corrected chi connectivity index (χ1v) is 46.0. The van der Waals surface area contributed by atoms with Gasteiger partial charge in [0.2, 0.25) is 0 Å². The normalized spacial score (nSPS) is 14.5. The number of fused-ring (bicyclic) bond motifs is 6. The van der Waals surface area contributed by atoms with Gasteiger partial charge in [0.1, 0.15) is 0 Å². The number of aliphatic hydroxyl groups excluding tert-OH is 4. The van der Waals surface area contributed by atoms with Crippen LogP contribution in [-0.2, 0) is 94.1 Å². The third-order valence-corrected chi connectivity index (χ3v) is 22.7. The van der Waals surface area contributed by atoms with Crippen LogP contribution in [0, 0.1) is 13.8 Å². The number of aliphatic hydroxyl groups is 4. The van der Waals surface area contributed by atoms with Crippen molar-refractivity contribution in [1.82, 2.24) is 0 Å². The van der Waals surface area contributed by atoms with Crippen molar-refractivity contribution in [3.63, 3.8) is 0 Å². The Morgan fingerprint density at radius 2 is 0.467 bits per heavy atom. The summed E-state index contributed by atoms with van der Waals surface area (Å²) in [5.41, 5.74) is 17.1. The molecule has 0 bridgehead atoms. The van der Waals surface area contributed by atoms with Crippen LogP contribution in [0.15, 0.2) is 121 Å². The fourth-order valence-corrected chi connectivity index (χ4v) is 16.5. The summed E-state index contributed by atoms with van der Waals surface area (Å²) in [6, 6.07) is 46.3. The van der Waals surface area contributed by atoms with E-state index in [1.165, 1.54) is 25.7 Å². The van der Waals surface area contributed by atoms with Gasteiger partial charge in [0.25, 0.3) is 0 Å². The molecule has 2 atom stereocenters. The summed E-state index contributed by atoms with van der Waals surface area (Å²) in [6.45, 7) is 23.3. The Labute approximate surface area is 729 Å². The molecule has 0 saturated carbocycles. The molecule has 20 heteroatoms. The van der Waals surface area contributed by atoms with E-state index in [0.29, 0.717) is 157 Å². The zero-order chi connectivity index (χ0) is 85.9. The summed E-state index contributed by atoms with van der Waals surface area (Å²) >= 11 is 0. The molecule has 9 rings (SSSR count). The van der Waals surface area contributed by atoms with Crippen LogP contribution in [0.5, 0.6) is 23.0 Å². The molecule has 20 nitrogen and oxygen atoms in total. The second-order valence-electron chi connectivity index (χ2n) is 31.9. The molecule has 2 aliphatic carbocycles. The summed E-state index contributed by atoms with van der Waals surface area (Å²) < 4.78 is 100. The van der Waals surface area contributed by atoms with Gasteiger partial charge in [0.05, 0.1) is 222 Å². The quantitative estimate of drug-likeness (QED) is 0.0260. The highest BCUT2D eigenvalue weighted by molar-refractivity contribution is 5.95. The molecule has 0 heterocycles. The zero-order valence-electron chi connectivity index (χ0n) is 74.6. The highest BCUT2D eigenvalue weighted by Gasteiger charge is 2.52. The van der Waals surface area contributed by atoms with E-state index in [1.54, 1.807) is 0 Å². The van der Waals surface area contributed by atoms with Crippen molar-refractivity contribution in [2.45, 2.75) is 207 Å². The zero-order valence-corrected chi connectivity index (χ0v) is 74.6. The van der Waals surface area contributed by atoms with Gasteiger partial charge in [-0.15, -0.1) is 0 Å². The molecule has 7 aromatic rings. The van der Waals surface area contributed by atoms with Gasteiger partial charge in [-0.1, -0.05) is 226 Å². The van der Waals surface area contributed by atoms with Crippen molar-refractivity contribution >= 4 is 0 Å². The average Bonchev–Trinajstić information content (AvgIpc) is 1.50. The third-order valence-electron chi connectivity index (χ3n) is 22.7. The second-order valence-corrected chi connectivity index (χ2v) is 31.9. The van der Waals surface area contributed by atoms with Gasteiger partial charge in [0.15, 0.2) is 23.0 Å². The first-order chi connectivity index (χ1) is 60.2. The highest BCUT2D eigenvalue weighted by atomic mass is 16.6. The van der Waals surface area contributed by atoms with Crippen LogP contribution in [0.3, 0.4) is 0 Å². The van der Waals surface area contributed by atoms with Crippen LogP contribution in [0.4, 0.5) is 0 Å². The minimum absolute atomic E-state index is 0.0450. The Morgan fingerprint density at radius 1 is 0.213 bits per heavy atom. The van der Waals surface area contributed by atoms with Crippen molar-refractivity contribution < 1.29 is 96.2 Å². The van der Waals surface area contributed by atoms with E-state index in [2.05, 4.69) is 163 Å². The van der Waals surface area contributed by atoms with Crippen molar-refractivity contribution in [2.75, 3.05) is 185 Å². The van der Waals surface area contributed by atoms with Crippen molar-refractivity contribution in [3.05, 3.63) is 199 Å². The molecular formula is C102H146O20. The van der Waals surface area contributed by atoms with Gasteiger partial charge in [0, 0.05) is 0 Å².